The highest BCUT2D eigenvalue weighted by atomic mass is 32.1. The van der Waals surface area contributed by atoms with Crippen LogP contribution < -0.4 is 5.73 Å². The highest BCUT2D eigenvalue weighted by Crippen LogP contribution is 2.36. The van der Waals surface area contributed by atoms with E-state index in [0.29, 0.717) is 4.88 Å². The zero-order valence-corrected chi connectivity index (χ0v) is 13.8. The molecule has 25 heavy (non-hydrogen) atoms. The fourth-order valence-corrected chi connectivity index (χ4v) is 2.88. The van der Waals surface area contributed by atoms with Crippen LogP contribution in [0.15, 0.2) is 29.9 Å². The highest BCUT2D eigenvalue weighted by Gasteiger charge is 2.27. The summed E-state index contributed by atoms with van der Waals surface area (Å²) in [7, 11) is 0. The normalized spacial score (nSPS) is 11.8. The molecule has 1 aromatic carbocycles. The fraction of sp³-hybridized carbons (Fsp3) is 0. The Morgan fingerprint density at radius 3 is 2.12 bits per heavy atom. The quantitative estimate of drug-likeness (QED) is 0.155. The lowest BCUT2D eigenvalue weighted by molar-refractivity contribution is 0.381. The average Bonchev–Trinajstić information content (AvgIpc) is 3.03. The summed E-state index contributed by atoms with van der Waals surface area (Å²) in [5.74, 6) is -10.00. The highest BCUT2D eigenvalue weighted by molar-refractivity contribution is 7.80. The lowest BCUT2D eigenvalue weighted by Gasteiger charge is -2.05. The number of hydrogen-bond donors (Lipinski definition) is 1. The molecule has 0 bridgehead atoms. The molecule has 1 aromatic heterocycles. The molecule has 0 aliphatic heterocycles. The molecule has 0 spiro atoms. The minimum absolute atomic E-state index is 0.0581. The molecule has 0 amide bonds. The molecule has 0 aliphatic carbocycles. The lowest BCUT2D eigenvalue weighted by Crippen LogP contribution is -2.09. The van der Waals surface area contributed by atoms with Gasteiger partial charge in [0, 0.05) is 9.75 Å². The molecule has 0 radical (unpaired) electrons. The van der Waals surface area contributed by atoms with Crippen LogP contribution in [0.25, 0.3) is 16.5 Å². The maximum absolute atomic E-state index is 13.8. The molecule has 2 rings (SSSR count). The molecule has 0 atom stereocenters. The van der Waals surface area contributed by atoms with E-state index in [0.717, 1.165) is 11.3 Å². The number of hydrogen-bond acceptors (Lipinski definition) is 3. The van der Waals surface area contributed by atoms with Crippen molar-refractivity contribution >= 4 is 34.6 Å². The summed E-state index contributed by atoms with van der Waals surface area (Å²) in [6.45, 7) is 0. The van der Waals surface area contributed by atoms with Crippen molar-refractivity contribution in [3.63, 3.8) is 0 Å². The van der Waals surface area contributed by atoms with Gasteiger partial charge in [0.2, 0.25) is 5.82 Å². The molecule has 0 saturated carbocycles. The van der Waals surface area contributed by atoms with Gasteiger partial charge in [-0.05, 0) is 24.3 Å². The van der Waals surface area contributed by atoms with E-state index in [1.54, 1.807) is 6.07 Å². The first-order chi connectivity index (χ1) is 11.8. The van der Waals surface area contributed by atoms with Gasteiger partial charge in [0.25, 0.3) is 0 Å². The lowest BCUT2D eigenvalue weighted by atomic mass is 10.1. The van der Waals surface area contributed by atoms with Crippen molar-refractivity contribution in [2.45, 2.75) is 0 Å². The van der Waals surface area contributed by atoms with Crippen molar-refractivity contribution in [3.8, 4) is 16.5 Å². The second kappa shape index (κ2) is 7.55. The number of nitrogens with two attached hydrogens (primary N) is 1. The first kappa shape index (κ1) is 18.8. The number of thiophene rings is 1. The van der Waals surface area contributed by atoms with Crippen molar-refractivity contribution in [1.82, 2.24) is 0 Å². The van der Waals surface area contributed by atoms with Gasteiger partial charge in [0.15, 0.2) is 23.3 Å². The molecule has 0 saturated heterocycles. The van der Waals surface area contributed by atoms with Gasteiger partial charge in [-0.25, -0.2) is 22.0 Å². The Labute approximate surface area is 148 Å². The molecule has 0 fully saturated rings. The Morgan fingerprint density at radius 2 is 1.60 bits per heavy atom. The first-order valence-electron chi connectivity index (χ1n) is 6.47. The van der Waals surface area contributed by atoms with Gasteiger partial charge in [-0.1, -0.05) is 18.3 Å². The van der Waals surface area contributed by atoms with Crippen molar-refractivity contribution in [2.75, 3.05) is 0 Å². The van der Waals surface area contributed by atoms with Crippen LogP contribution >= 0.6 is 23.6 Å². The van der Waals surface area contributed by atoms with E-state index < -0.39 is 34.6 Å². The predicted molar refractivity (Wildman–Crippen MR) is 89.1 cm³/mol. The fourth-order valence-electron chi connectivity index (χ4n) is 1.81. The maximum Gasteiger partial charge on any atom is 0.200 e. The Bertz CT molecular complexity index is 925. The molecule has 9 heteroatoms. The van der Waals surface area contributed by atoms with Crippen LogP contribution in [0.3, 0.4) is 0 Å². The number of halogens is 5. The van der Waals surface area contributed by atoms with E-state index >= 15 is 0 Å². The van der Waals surface area contributed by atoms with Gasteiger partial charge in [-0.3, -0.25) is 0 Å². The monoisotopic (exact) mass is 386 g/mol. The van der Waals surface area contributed by atoms with Gasteiger partial charge < -0.3 is 5.73 Å². The molecule has 2 aromatic rings. The number of nitrogens with zero attached hydrogens (tertiary/aromatic N) is 1. The third-order valence-corrected chi connectivity index (χ3v) is 4.28. The molecule has 0 aliphatic rings. The minimum atomic E-state index is -2.21. The van der Waals surface area contributed by atoms with Crippen molar-refractivity contribution in [2.24, 2.45) is 5.73 Å². The molecule has 128 valence electrons. The number of rotatable bonds is 4. The van der Waals surface area contributed by atoms with Crippen molar-refractivity contribution in [3.05, 3.63) is 63.8 Å². The average molecular weight is 386 g/mol. The third kappa shape index (κ3) is 3.75. The van der Waals surface area contributed by atoms with E-state index in [1.807, 2.05) is 0 Å². The number of thiocarbonyl (C=S) groups is 1. The zero-order chi connectivity index (χ0) is 18.7. The largest absolute Gasteiger partial charge is 0.389 e. The predicted octanol–water partition coefficient (Wildman–Crippen LogP) is 4.86. The van der Waals surface area contributed by atoms with E-state index in [2.05, 4.69) is 12.2 Å². The Kier molecular flexibility index (Phi) is 5.66. The topological polar surface area (TPSA) is 49.8 Å². The van der Waals surface area contributed by atoms with Crippen LogP contribution in [-0.4, -0.2) is 4.99 Å². The SMILES string of the molecule is N#C/C(=C/C=C/c1ccc(-c2c(F)c(F)c(F)c(F)c2F)s1)C(N)=S. The molecular formula is C16H7F5N2S2. The summed E-state index contributed by atoms with van der Waals surface area (Å²) in [5.41, 5.74) is 4.37. The van der Waals surface area contributed by atoms with Gasteiger partial charge in [0.1, 0.15) is 11.1 Å². The van der Waals surface area contributed by atoms with E-state index in [-0.39, 0.29) is 15.4 Å². The van der Waals surface area contributed by atoms with Crippen LogP contribution in [-0.2, 0) is 0 Å². The number of allylic oxidation sites excluding steroid dienone is 2. The summed E-state index contributed by atoms with van der Waals surface area (Å²) in [4.78, 5) is 0.224. The summed E-state index contributed by atoms with van der Waals surface area (Å²) in [6, 6.07) is 4.43. The molecule has 2 nitrogen and oxygen atoms in total. The summed E-state index contributed by atoms with van der Waals surface area (Å²) in [6.07, 6.45) is 4.22. The van der Waals surface area contributed by atoms with E-state index in [9.17, 15) is 22.0 Å². The van der Waals surface area contributed by atoms with Crippen molar-refractivity contribution in [1.29, 1.82) is 5.26 Å². The van der Waals surface area contributed by atoms with Crippen LogP contribution in [0, 0.1) is 40.4 Å². The maximum atomic E-state index is 13.8. The minimum Gasteiger partial charge on any atom is -0.389 e. The summed E-state index contributed by atoms with van der Waals surface area (Å²) >= 11 is 5.45. The molecule has 2 N–H and O–H groups in total. The van der Waals surface area contributed by atoms with Crippen LogP contribution in [0.4, 0.5) is 22.0 Å². The standard InChI is InChI=1S/C16H7F5N2S2/c17-11-10(12(18)14(20)15(21)13(11)19)9-5-4-8(25-9)3-1-2-7(6-22)16(23)24/h1-5H,(H2,23,24)/b3-1+,7-2-. The molecular weight excluding hydrogens is 379 g/mol. The number of benzene rings is 1. The van der Waals surface area contributed by atoms with Crippen LogP contribution in [0.5, 0.6) is 0 Å². The zero-order valence-electron chi connectivity index (χ0n) is 12.1. The summed E-state index contributed by atoms with van der Waals surface area (Å²) < 4.78 is 67.2. The second-order valence-corrected chi connectivity index (χ2v) is 6.12. The molecule has 1 heterocycles. The molecule has 0 unspecified atom stereocenters. The first-order valence-corrected chi connectivity index (χ1v) is 7.70. The third-order valence-electron chi connectivity index (χ3n) is 2.99. The second-order valence-electron chi connectivity index (χ2n) is 4.56. The van der Waals surface area contributed by atoms with E-state index in [4.69, 9.17) is 11.0 Å². The van der Waals surface area contributed by atoms with Crippen LogP contribution in [0.2, 0.25) is 0 Å². The Morgan fingerprint density at radius 1 is 1.04 bits per heavy atom. The van der Waals surface area contributed by atoms with Crippen LogP contribution in [0.1, 0.15) is 4.88 Å². The van der Waals surface area contributed by atoms with E-state index in [1.165, 1.54) is 30.4 Å². The smallest absolute Gasteiger partial charge is 0.200 e. The van der Waals surface area contributed by atoms with Gasteiger partial charge in [0.05, 0.1) is 11.1 Å². The van der Waals surface area contributed by atoms with Gasteiger partial charge >= 0.3 is 0 Å². The summed E-state index contributed by atoms with van der Waals surface area (Å²) in [5, 5.41) is 8.78. The van der Waals surface area contributed by atoms with Crippen molar-refractivity contribution < 1.29 is 22.0 Å². The Hall–Kier alpha value is -2.57. The van der Waals surface area contributed by atoms with Gasteiger partial charge in [-0.15, -0.1) is 11.3 Å². The van der Waals surface area contributed by atoms with Gasteiger partial charge in [-0.2, -0.15) is 5.26 Å². The number of nitriles is 1. The Balaban J connectivity index is 2.41.